The van der Waals surface area contributed by atoms with Crippen LogP contribution in [0.3, 0.4) is 0 Å². The average Bonchev–Trinajstić information content (AvgIpc) is 3.16. The third-order valence-electron chi connectivity index (χ3n) is 4.83. The lowest BCUT2D eigenvalue weighted by Crippen LogP contribution is -2.25. The van der Waals surface area contributed by atoms with Crippen molar-refractivity contribution in [3.63, 3.8) is 0 Å². The Labute approximate surface area is 165 Å². The van der Waals surface area contributed by atoms with E-state index in [9.17, 15) is 8.42 Å². The van der Waals surface area contributed by atoms with Crippen LogP contribution < -0.4 is 0 Å². The van der Waals surface area contributed by atoms with Gasteiger partial charge in [0.05, 0.1) is 10.9 Å². The van der Waals surface area contributed by atoms with Gasteiger partial charge >= 0.3 is 0 Å². The van der Waals surface area contributed by atoms with E-state index in [-0.39, 0.29) is 11.3 Å². The molecule has 0 radical (unpaired) electrons. The lowest BCUT2D eigenvalue weighted by molar-refractivity contribution is 0.473. The van der Waals surface area contributed by atoms with Gasteiger partial charge in [-0.25, -0.2) is 8.42 Å². The van der Waals surface area contributed by atoms with Crippen molar-refractivity contribution in [1.29, 1.82) is 0 Å². The summed E-state index contributed by atoms with van der Waals surface area (Å²) in [5.41, 5.74) is 3.23. The Morgan fingerprint density at radius 3 is 1.96 bits per heavy atom. The molecule has 27 heavy (non-hydrogen) atoms. The van der Waals surface area contributed by atoms with Crippen LogP contribution in [0.2, 0.25) is 0 Å². The van der Waals surface area contributed by atoms with Crippen molar-refractivity contribution in [3.8, 4) is 0 Å². The zero-order valence-corrected chi connectivity index (χ0v) is 16.7. The lowest BCUT2D eigenvalue weighted by atomic mass is 10.00. The summed E-state index contributed by atoms with van der Waals surface area (Å²) in [4.78, 5) is 0.343. The van der Waals surface area contributed by atoms with Crippen molar-refractivity contribution in [1.82, 2.24) is 3.71 Å². The van der Waals surface area contributed by atoms with Gasteiger partial charge in [-0.15, -0.1) is 3.71 Å². The number of hydrogen-bond donors (Lipinski definition) is 0. The number of aryl methyl sites for hydroxylation is 1. The fourth-order valence-electron chi connectivity index (χ4n) is 3.37. The molecule has 3 aromatic rings. The smallest absolute Gasteiger partial charge is 0.206 e. The highest BCUT2D eigenvalue weighted by Crippen LogP contribution is 2.53. The molecular weight excluding hydrogens is 374 g/mol. The fourth-order valence-corrected chi connectivity index (χ4v) is 6.77. The third-order valence-corrected chi connectivity index (χ3v) is 8.46. The first kappa shape index (κ1) is 18.3. The van der Waals surface area contributed by atoms with Gasteiger partial charge in [-0.3, -0.25) is 0 Å². The molecule has 0 amide bonds. The van der Waals surface area contributed by atoms with Crippen LogP contribution in [0.5, 0.6) is 0 Å². The minimum Gasteiger partial charge on any atom is -0.206 e. The normalized spacial score (nSPS) is 20.6. The van der Waals surface area contributed by atoms with Gasteiger partial charge in [0.1, 0.15) is 0 Å². The van der Waals surface area contributed by atoms with Gasteiger partial charge in [-0.05, 0) is 36.6 Å². The molecule has 0 aromatic heterocycles. The second-order valence-electron chi connectivity index (χ2n) is 6.74. The molecule has 0 saturated carbocycles. The van der Waals surface area contributed by atoms with E-state index < -0.39 is 10.0 Å². The molecule has 1 saturated heterocycles. The third kappa shape index (κ3) is 3.68. The molecule has 2 atom stereocenters. The number of nitrogens with zero attached hydrogens (tertiary/aromatic N) is 1. The van der Waals surface area contributed by atoms with Crippen LogP contribution in [-0.4, -0.2) is 12.1 Å². The fraction of sp³-hybridized carbons (Fsp3) is 0.182. The molecule has 1 aliphatic rings. The monoisotopic (exact) mass is 395 g/mol. The van der Waals surface area contributed by atoms with Crippen LogP contribution in [0.4, 0.5) is 0 Å². The quantitative estimate of drug-likeness (QED) is 0.546. The molecule has 138 valence electrons. The number of benzene rings is 3. The van der Waals surface area contributed by atoms with E-state index >= 15 is 0 Å². The summed E-state index contributed by atoms with van der Waals surface area (Å²) in [6.45, 7) is 1.96. The van der Waals surface area contributed by atoms with Gasteiger partial charge in [0.2, 0.25) is 0 Å². The zero-order valence-electron chi connectivity index (χ0n) is 15.0. The Morgan fingerprint density at radius 1 is 0.815 bits per heavy atom. The minimum atomic E-state index is -3.60. The number of sulfonamides is 1. The molecule has 0 aliphatic carbocycles. The predicted octanol–water partition coefficient (Wildman–Crippen LogP) is 5.52. The van der Waals surface area contributed by atoms with Gasteiger partial charge in [-0.2, -0.15) is 0 Å². The zero-order chi connectivity index (χ0) is 18.9. The van der Waals surface area contributed by atoms with Gasteiger partial charge < -0.3 is 0 Å². The maximum atomic E-state index is 13.4. The molecule has 0 bridgehead atoms. The van der Waals surface area contributed by atoms with E-state index in [1.165, 1.54) is 11.9 Å². The number of hydrogen-bond acceptors (Lipinski definition) is 3. The van der Waals surface area contributed by atoms with Crippen LogP contribution in [0, 0.1) is 6.92 Å². The molecule has 1 fully saturated rings. The van der Waals surface area contributed by atoms with Crippen LogP contribution in [0.25, 0.3) is 0 Å². The summed E-state index contributed by atoms with van der Waals surface area (Å²) in [6, 6.07) is 26.9. The van der Waals surface area contributed by atoms with Crippen LogP contribution in [0.1, 0.15) is 34.4 Å². The maximum absolute atomic E-state index is 13.4. The molecular formula is C22H21NO2S2. The van der Waals surface area contributed by atoms with E-state index in [0.717, 1.165) is 23.1 Å². The standard InChI is InChI=1S/C22H21NO2S2/c1-17-12-14-20(15-13-17)27(24,25)23-21(18-8-4-2-5-9-18)16-22(26-23)19-10-6-3-7-11-19/h2-15,21-22H,16H2,1H3/t21-,22+/m0/s1. The molecule has 5 heteroatoms. The van der Waals surface area contributed by atoms with Crippen LogP contribution >= 0.6 is 11.9 Å². The Morgan fingerprint density at radius 2 is 1.37 bits per heavy atom. The first-order valence-electron chi connectivity index (χ1n) is 8.93. The summed E-state index contributed by atoms with van der Waals surface area (Å²) in [7, 11) is -3.60. The van der Waals surface area contributed by atoms with Crippen molar-refractivity contribution in [3.05, 3.63) is 102 Å². The summed E-state index contributed by atoms with van der Waals surface area (Å²) in [5.74, 6) is 0. The SMILES string of the molecule is Cc1ccc(S(=O)(=O)N2S[C@@H](c3ccccc3)C[C@H]2c2ccccc2)cc1. The van der Waals surface area contributed by atoms with E-state index in [2.05, 4.69) is 12.1 Å². The van der Waals surface area contributed by atoms with Crippen molar-refractivity contribution >= 4 is 22.0 Å². The predicted molar refractivity (Wildman–Crippen MR) is 111 cm³/mol. The van der Waals surface area contributed by atoms with Crippen LogP contribution in [-0.2, 0) is 10.0 Å². The molecule has 3 nitrogen and oxygen atoms in total. The molecule has 0 spiro atoms. The molecule has 1 heterocycles. The Hall–Kier alpha value is -2.08. The van der Waals surface area contributed by atoms with E-state index in [4.69, 9.17) is 0 Å². The summed E-state index contributed by atoms with van der Waals surface area (Å²) < 4.78 is 28.4. The summed E-state index contributed by atoms with van der Waals surface area (Å²) >= 11 is 1.42. The van der Waals surface area contributed by atoms with E-state index in [0.29, 0.717) is 4.90 Å². The summed E-state index contributed by atoms with van der Waals surface area (Å²) in [6.07, 6.45) is 0.754. The van der Waals surface area contributed by atoms with E-state index in [1.54, 1.807) is 15.8 Å². The first-order valence-corrected chi connectivity index (χ1v) is 11.2. The number of rotatable bonds is 4. The van der Waals surface area contributed by atoms with Gasteiger partial charge in [0, 0.05) is 5.25 Å². The molecule has 3 aromatic carbocycles. The Bertz CT molecular complexity index is 1000. The largest absolute Gasteiger partial charge is 0.252 e. The van der Waals surface area contributed by atoms with Crippen molar-refractivity contribution in [2.24, 2.45) is 0 Å². The highest BCUT2D eigenvalue weighted by atomic mass is 32.3. The van der Waals surface area contributed by atoms with Gasteiger partial charge in [0.15, 0.2) is 0 Å². The second kappa shape index (κ2) is 7.50. The molecule has 4 rings (SSSR count). The van der Waals surface area contributed by atoms with Gasteiger partial charge in [-0.1, -0.05) is 90.3 Å². The van der Waals surface area contributed by atoms with Crippen molar-refractivity contribution in [2.75, 3.05) is 0 Å². The second-order valence-corrected chi connectivity index (χ2v) is 9.96. The molecule has 1 aliphatic heterocycles. The molecule has 0 unspecified atom stereocenters. The molecule has 0 N–H and O–H groups in total. The van der Waals surface area contributed by atoms with Gasteiger partial charge in [0.25, 0.3) is 10.0 Å². The Balaban J connectivity index is 1.74. The van der Waals surface area contributed by atoms with Crippen molar-refractivity contribution in [2.45, 2.75) is 29.5 Å². The lowest BCUT2D eigenvalue weighted by Gasteiger charge is -2.23. The van der Waals surface area contributed by atoms with Crippen molar-refractivity contribution < 1.29 is 8.42 Å². The highest BCUT2D eigenvalue weighted by Gasteiger charge is 2.42. The first-order chi connectivity index (χ1) is 13.1. The Kier molecular flexibility index (Phi) is 5.08. The average molecular weight is 396 g/mol. The maximum Gasteiger partial charge on any atom is 0.252 e. The minimum absolute atomic E-state index is 0.108. The summed E-state index contributed by atoms with van der Waals surface area (Å²) in [5, 5.41) is 0.108. The highest BCUT2D eigenvalue weighted by molar-refractivity contribution is 8.08. The van der Waals surface area contributed by atoms with Crippen LogP contribution in [0.15, 0.2) is 89.8 Å². The topological polar surface area (TPSA) is 37.4 Å². The van der Waals surface area contributed by atoms with E-state index in [1.807, 2.05) is 67.6 Å².